The van der Waals surface area contributed by atoms with Crippen molar-refractivity contribution in [2.45, 2.75) is 0 Å². The first-order chi connectivity index (χ1) is 9.63. The Labute approximate surface area is 114 Å². The minimum atomic E-state index is -0.639. The highest BCUT2D eigenvalue weighted by Crippen LogP contribution is 2.29. The maximum absolute atomic E-state index is 13.2. The zero-order valence-electron chi connectivity index (χ0n) is 10.4. The summed E-state index contributed by atoms with van der Waals surface area (Å²) >= 11 is 0. The Morgan fingerprint density at radius 3 is 2.50 bits per heavy atom. The topological polar surface area (TPSA) is 50.9 Å². The van der Waals surface area contributed by atoms with Gasteiger partial charge in [-0.05, 0) is 36.4 Å². The van der Waals surface area contributed by atoms with Crippen molar-refractivity contribution in [3.8, 4) is 0 Å². The average Bonchev–Trinajstić information content (AvgIpc) is 2.41. The molecule has 0 aliphatic carbocycles. The minimum absolute atomic E-state index is 0.319. The number of hydrogen-bond donors (Lipinski definition) is 2. The molecule has 0 aliphatic heterocycles. The number of pyridine rings is 1. The van der Waals surface area contributed by atoms with Crippen molar-refractivity contribution < 1.29 is 8.78 Å². The molecule has 5 heteroatoms. The van der Waals surface area contributed by atoms with Crippen LogP contribution in [-0.4, -0.2) is 4.98 Å². The van der Waals surface area contributed by atoms with E-state index in [9.17, 15) is 8.78 Å². The summed E-state index contributed by atoms with van der Waals surface area (Å²) in [5, 5.41) is 3.74. The Hall–Kier alpha value is -2.69. The van der Waals surface area contributed by atoms with Crippen LogP contribution in [0.3, 0.4) is 0 Å². The lowest BCUT2D eigenvalue weighted by atomic mass is 10.1. The molecule has 20 heavy (non-hydrogen) atoms. The number of anilines is 3. The van der Waals surface area contributed by atoms with E-state index in [1.807, 2.05) is 6.07 Å². The molecular formula is C15H11F2N3. The van der Waals surface area contributed by atoms with Gasteiger partial charge in [0.2, 0.25) is 0 Å². The molecule has 1 aromatic heterocycles. The maximum atomic E-state index is 13.2. The van der Waals surface area contributed by atoms with E-state index >= 15 is 0 Å². The van der Waals surface area contributed by atoms with Gasteiger partial charge in [0.15, 0.2) is 0 Å². The van der Waals surface area contributed by atoms with Crippen LogP contribution >= 0.6 is 0 Å². The fourth-order valence-electron chi connectivity index (χ4n) is 2.08. The number of nitrogens with two attached hydrogens (primary N) is 1. The Balaban J connectivity index is 2.09. The molecule has 2 aromatic carbocycles. The van der Waals surface area contributed by atoms with Gasteiger partial charge >= 0.3 is 0 Å². The van der Waals surface area contributed by atoms with Gasteiger partial charge in [-0.3, -0.25) is 4.98 Å². The predicted octanol–water partition coefficient (Wildman–Crippen LogP) is 3.84. The normalized spacial score (nSPS) is 10.7. The summed E-state index contributed by atoms with van der Waals surface area (Å²) < 4.78 is 26.4. The van der Waals surface area contributed by atoms with E-state index < -0.39 is 11.6 Å². The number of aromatic nitrogens is 1. The third-order valence-corrected chi connectivity index (χ3v) is 2.94. The summed E-state index contributed by atoms with van der Waals surface area (Å²) in [4.78, 5) is 4.25. The molecule has 0 bridgehead atoms. The van der Waals surface area contributed by atoms with E-state index in [0.717, 1.165) is 11.5 Å². The molecule has 0 radical (unpaired) electrons. The van der Waals surface area contributed by atoms with Crippen molar-refractivity contribution in [3.05, 3.63) is 60.3 Å². The summed E-state index contributed by atoms with van der Waals surface area (Å²) in [7, 11) is 0. The van der Waals surface area contributed by atoms with Gasteiger partial charge in [0.25, 0.3) is 0 Å². The zero-order chi connectivity index (χ0) is 14.1. The molecule has 0 saturated heterocycles. The van der Waals surface area contributed by atoms with Gasteiger partial charge in [0, 0.05) is 29.0 Å². The molecule has 3 N–H and O–H groups in total. The average molecular weight is 271 g/mol. The lowest BCUT2D eigenvalue weighted by molar-refractivity contribution is 0.584. The van der Waals surface area contributed by atoms with Crippen LogP contribution in [0.4, 0.5) is 25.8 Å². The van der Waals surface area contributed by atoms with E-state index in [1.54, 1.807) is 24.4 Å². The molecule has 0 amide bonds. The summed E-state index contributed by atoms with van der Waals surface area (Å²) in [6, 6.07) is 10.3. The van der Waals surface area contributed by atoms with Crippen molar-refractivity contribution in [1.29, 1.82) is 0 Å². The molecule has 0 spiro atoms. The maximum Gasteiger partial charge on any atom is 0.128 e. The third kappa shape index (κ3) is 2.25. The van der Waals surface area contributed by atoms with Gasteiger partial charge in [-0.2, -0.15) is 0 Å². The van der Waals surface area contributed by atoms with Crippen LogP contribution in [0.2, 0.25) is 0 Å². The molecule has 3 nitrogen and oxygen atoms in total. The Morgan fingerprint density at radius 2 is 1.75 bits per heavy atom. The van der Waals surface area contributed by atoms with Crippen LogP contribution in [0, 0.1) is 11.6 Å². The highest BCUT2D eigenvalue weighted by Gasteiger charge is 2.07. The number of benzene rings is 2. The first-order valence-electron chi connectivity index (χ1n) is 6.00. The second-order valence-electron chi connectivity index (χ2n) is 4.39. The number of halogens is 2. The van der Waals surface area contributed by atoms with E-state index in [0.29, 0.717) is 22.6 Å². The largest absolute Gasteiger partial charge is 0.398 e. The van der Waals surface area contributed by atoms with Crippen molar-refractivity contribution in [3.63, 3.8) is 0 Å². The van der Waals surface area contributed by atoms with E-state index in [4.69, 9.17) is 5.73 Å². The predicted molar refractivity (Wildman–Crippen MR) is 75.8 cm³/mol. The third-order valence-electron chi connectivity index (χ3n) is 2.94. The number of nitrogens with one attached hydrogen (secondary N) is 1. The minimum Gasteiger partial charge on any atom is -0.398 e. The smallest absolute Gasteiger partial charge is 0.128 e. The van der Waals surface area contributed by atoms with E-state index in [2.05, 4.69) is 10.3 Å². The van der Waals surface area contributed by atoms with Crippen LogP contribution in [0.15, 0.2) is 48.7 Å². The fourth-order valence-corrected chi connectivity index (χ4v) is 2.08. The summed E-state index contributed by atoms with van der Waals surface area (Å²) in [6.45, 7) is 0. The molecule has 100 valence electrons. The number of fused-ring (bicyclic) bond motifs is 1. The van der Waals surface area contributed by atoms with Crippen LogP contribution < -0.4 is 11.1 Å². The van der Waals surface area contributed by atoms with Crippen molar-refractivity contribution in [1.82, 2.24) is 4.98 Å². The van der Waals surface area contributed by atoms with Crippen LogP contribution in [0.5, 0.6) is 0 Å². The zero-order valence-corrected chi connectivity index (χ0v) is 10.4. The van der Waals surface area contributed by atoms with Gasteiger partial charge in [0.05, 0.1) is 11.2 Å². The highest BCUT2D eigenvalue weighted by atomic mass is 19.1. The molecule has 3 aromatic rings. The van der Waals surface area contributed by atoms with E-state index in [-0.39, 0.29) is 0 Å². The molecule has 0 fully saturated rings. The molecule has 3 rings (SSSR count). The highest BCUT2D eigenvalue weighted by molar-refractivity contribution is 5.99. The van der Waals surface area contributed by atoms with Crippen molar-refractivity contribution >= 4 is 28.0 Å². The van der Waals surface area contributed by atoms with Crippen molar-refractivity contribution in [2.24, 2.45) is 0 Å². The lowest BCUT2D eigenvalue weighted by Gasteiger charge is -2.10. The standard InChI is InChI=1S/C15H11F2N3/c16-9-6-10(17)8-11(7-9)20-14-4-3-13(18)12-2-1-5-19-15(12)14/h1-8,20H,18H2. The first-order valence-corrected chi connectivity index (χ1v) is 6.00. The van der Waals surface area contributed by atoms with Gasteiger partial charge in [-0.25, -0.2) is 8.78 Å². The Bertz CT molecular complexity index is 767. The first kappa shape index (κ1) is 12.3. The molecule has 0 saturated carbocycles. The second-order valence-corrected chi connectivity index (χ2v) is 4.39. The summed E-state index contributed by atoms with van der Waals surface area (Å²) in [6.07, 6.45) is 1.64. The van der Waals surface area contributed by atoms with Crippen LogP contribution in [0.25, 0.3) is 10.9 Å². The molecule has 0 atom stereocenters. The Kier molecular flexibility index (Phi) is 2.95. The van der Waals surface area contributed by atoms with Crippen molar-refractivity contribution in [2.75, 3.05) is 11.1 Å². The van der Waals surface area contributed by atoms with E-state index in [1.165, 1.54) is 12.1 Å². The monoisotopic (exact) mass is 271 g/mol. The Morgan fingerprint density at radius 1 is 1.00 bits per heavy atom. The SMILES string of the molecule is Nc1ccc(Nc2cc(F)cc(F)c2)c2ncccc12. The number of nitrogens with zero attached hydrogens (tertiary/aromatic N) is 1. The second kappa shape index (κ2) is 4.77. The quantitative estimate of drug-likeness (QED) is 0.696. The number of hydrogen-bond acceptors (Lipinski definition) is 3. The lowest BCUT2D eigenvalue weighted by Crippen LogP contribution is -1.96. The number of rotatable bonds is 2. The molecule has 0 aliphatic rings. The van der Waals surface area contributed by atoms with Gasteiger partial charge in [-0.15, -0.1) is 0 Å². The fraction of sp³-hybridized carbons (Fsp3) is 0. The van der Waals surface area contributed by atoms with Gasteiger partial charge in [0.1, 0.15) is 11.6 Å². The van der Waals surface area contributed by atoms with Crippen LogP contribution in [0.1, 0.15) is 0 Å². The summed E-state index contributed by atoms with van der Waals surface area (Å²) in [5.74, 6) is -1.28. The molecule has 1 heterocycles. The number of nitrogen functional groups attached to an aromatic ring is 1. The molecule has 0 unspecified atom stereocenters. The van der Waals surface area contributed by atoms with Gasteiger partial charge in [-0.1, -0.05) is 0 Å². The summed E-state index contributed by atoms with van der Waals surface area (Å²) in [5.41, 5.74) is 8.09. The molecular weight excluding hydrogens is 260 g/mol. The van der Waals surface area contributed by atoms with Crippen LogP contribution in [-0.2, 0) is 0 Å². The van der Waals surface area contributed by atoms with Gasteiger partial charge < -0.3 is 11.1 Å².